The van der Waals surface area contributed by atoms with Crippen molar-refractivity contribution in [1.82, 2.24) is 5.32 Å². The highest BCUT2D eigenvalue weighted by molar-refractivity contribution is 5.68. The van der Waals surface area contributed by atoms with E-state index in [1.807, 2.05) is 0 Å². The molecule has 0 radical (unpaired) electrons. The molecule has 18 heavy (non-hydrogen) atoms. The van der Waals surface area contributed by atoms with Gasteiger partial charge in [0.05, 0.1) is 6.04 Å². The van der Waals surface area contributed by atoms with Crippen LogP contribution in [0.3, 0.4) is 0 Å². The summed E-state index contributed by atoms with van der Waals surface area (Å²) in [5.74, 6) is 0.197. The van der Waals surface area contributed by atoms with Crippen molar-refractivity contribution in [3.05, 3.63) is 10.1 Å². The molecule has 0 aromatic heterocycles. The summed E-state index contributed by atoms with van der Waals surface area (Å²) >= 11 is 0. The molecule has 0 saturated heterocycles. The van der Waals surface area contributed by atoms with Gasteiger partial charge < -0.3 is 10.1 Å². The minimum atomic E-state index is -0.584. The molecule has 0 aromatic rings. The van der Waals surface area contributed by atoms with Gasteiger partial charge in [-0.05, 0) is 39.5 Å². The summed E-state index contributed by atoms with van der Waals surface area (Å²) < 4.78 is 5.14. The zero-order valence-corrected chi connectivity index (χ0v) is 11.3. The zero-order chi connectivity index (χ0) is 13.8. The SMILES string of the molecule is CC(C)(C)OC(=O)NC(C[N+](=O)[O-])C1CCCC1. The molecule has 1 N–H and O–H groups in total. The quantitative estimate of drug-likeness (QED) is 0.620. The number of hydrogen-bond donors (Lipinski definition) is 1. The number of carbonyl (C=O) groups is 1. The average molecular weight is 258 g/mol. The van der Waals surface area contributed by atoms with Gasteiger partial charge >= 0.3 is 6.09 Å². The molecule has 0 spiro atoms. The van der Waals surface area contributed by atoms with E-state index in [9.17, 15) is 14.9 Å². The number of rotatable bonds is 4. The molecule has 6 heteroatoms. The van der Waals surface area contributed by atoms with Gasteiger partial charge in [-0.2, -0.15) is 0 Å². The van der Waals surface area contributed by atoms with E-state index in [2.05, 4.69) is 5.32 Å². The summed E-state index contributed by atoms with van der Waals surface area (Å²) in [6, 6.07) is -0.419. The summed E-state index contributed by atoms with van der Waals surface area (Å²) in [6.45, 7) is 5.07. The highest BCUT2D eigenvalue weighted by Crippen LogP contribution is 2.28. The Hall–Kier alpha value is -1.33. The molecule has 1 saturated carbocycles. The summed E-state index contributed by atoms with van der Waals surface area (Å²) in [6.07, 6.45) is 3.47. The Balaban J connectivity index is 2.54. The highest BCUT2D eigenvalue weighted by atomic mass is 16.6. The minimum absolute atomic E-state index is 0.197. The van der Waals surface area contributed by atoms with Crippen LogP contribution >= 0.6 is 0 Å². The van der Waals surface area contributed by atoms with Gasteiger partial charge in [0.25, 0.3) is 0 Å². The maximum Gasteiger partial charge on any atom is 0.408 e. The van der Waals surface area contributed by atoms with Crippen LogP contribution in [-0.2, 0) is 4.74 Å². The lowest BCUT2D eigenvalue weighted by atomic mass is 9.98. The highest BCUT2D eigenvalue weighted by Gasteiger charge is 2.31. The first-order valence-corrected chi connectivity index (χ1v) is 6.39. The molecule has 1 aliphatic carbocycles. The summed E-state index contributed by atoms with van der Waals surface area (Å²) in [4.78, 5) is 21.9. The monoisotopic (exact) mass is 258 g/mol. The van der Waals surface area contributed by atoms with Crippen molar-refractivity contribution in [2.45, 2.75) is 58.1 Å². The third kappa shape index (κ3) is 5.33. The molecule has 1 amide bonds. The smallest absolute Gasteiger partial charge is 0.408 e. The lowest BCUT2D eigenvalue weighted by Gasteiger charge is -2.24. The number of ether oxygens (including phenoxy) is 1. The summed E-state index contributed by atoms with van der Waals surface area (Å²) in [5, 5.41) is 13.3. The molecule has 0 bridgehead atoms. The van der Waals surface area contributed by atoms with Crippen LogP contribution in [0.4, 0.5) is 4.79 Å². The summed E-state index contributed by atoms with van der Waals surface area (Å²) in [5.41, 5.74) is -0.584. The Morgan fingerprint density at radius 2 is 2.00 bits per heavy atom. The molecule has 1 fully saturated rings. The van der Waals surface area contributed by atoms with E-state index in [4.69, 9.17) is 4.74 Å². The second-order valence-electron chi connectivity index (χ2n) is 5.81. The third-order valence-corrected chi connectivity index (χ3v) is 3.02. The maximum atomic E-state index is 11.7. The van der Waals surface area contributed by atoms with Crippen molar-refractivity contribution in [1.29, 1.82) is 0 Å². The number of alkyl carbamates (subject to hydrolysis) is 1. The molecule has 1 rings (SSSR count). The number of nitrogens with zero attached hydrogens (tertiary/aromatic N) is 1. The predicted octanol–water partition coefficient (Wildman–Crippen LogP) is 2.35. The third-order valence-electron chi connectivity index (χ3n) is 3.02. The Morgan fingerprint density at radius 3 is 2.44 bits per heavy atom. The molecule has 6 nitrogen and oxygen atoms in total. The lowest BCUT2D eigenvalue weighted by molar-refractivity contribution is -0.484. The fourth-order valence-corrected chi connectivity index (χ4v) is 2.29. The van der Waals surface area contributed by atoms with Crippen molar-refractivity contribution in [2.75, 3.05) is 6.54 Å². The van der Waals surface area contributed by atoms with Crippen molar-refractivity contribution in [3.63, 3.8) is 0 Å². The second kappa shape index (κ2) is 6.02. The Labute approximate surface area is 107 Å². The molecule has 1 unspecified atom stereocenters. The number of hydrogen-bond acceptors (Lipinski definition) is 4. The second-order valence-corrected chi connectivity index (χ2v) is 5.81. The standard InChI is InChI=1S/C12H22N2O4/c1-12(2,3)18-11(15)13-10(8-14(16)17)9-6-4-5-7-9/h9-10H,4-8H2,1-3H3,(H,13,15). The van der Waals surface area contributed by atoms with Crippen molar-refractivity contribution >= 4 is 6.09 Å². The van der Waals surface area contributed by atoms with Gasteiger partial charge in [-0.25, -0.2) is 4.79 Å². The molecule has 0 heterocycles. The van der Waals surface area contributed by atoms with Crippen LogP contribution in [0.1, 0.15) is 46.5 Å². The largest absolute Gasteiger partial charge is 0.444 e. The fourth-order valence-electron chi connectivity index (χ4n) is 2.29. The summed E-state index contributed by atoms with van der Waals surface area (Å²) in [7, 11) is 0. The molecule has 104 valence electrons. The van der Waals surface area contributed by atoms with Crippen molar-refractivity contribution in [2.24, 2.45) is 5.92 Å². The van der Waals surface area contributed by atoms with E-state index in [0.717, 1.165) is 25.7 Å². The van der Waals surface area contributed by atoms with Crippen LogP contribution in [0.15, 0.2) is 0 Å². The molecular formula is C12H22N2O4. The Kier molecular flexibility index (Phi) is 4.93. The number of carbonyl (C=O) groups excluding carboxylic acids is 1. The molecular weight excluding hydrogens is 236 g/mol. The first kappa shape index (κ1) is 14.7. The lowest BCUT2D eigenvalue weighted by Crippen LogP contribution is -2.46. The fraction of sp³-hybridized carbons (Fsp3) is 0.917. The van der Waals surface area contributed by atoms with E-state index in [1.54, 1.807) is 20.8 Å². The van der Waals surface area contributed by atoms with E-state index in [-0.39, 0.29) is 17.4 Å². The van der Waals surface area contributed by atoms with Gasteiger partial charge in [-0.3, -0.25) is 10.1 Å². The van der Waals surface area contributed by atoms with E-state index >= 15 is 0 Å². The van der Waals surface area contributed by atoms with Crippen LogP contribution in [0.25, 0.3) is 0 Å². The van der Waals surface area contributed by atoms with Gasteiger partial charge in [-0.1, -0.05) is 12.8 Å². The first-order chi connectivity index (χ1) is 8.28. The number of nitro groups is 1. The average Bonchev–Trinajstić information content (AvgIpc) is 2.64. The van der Waals surface area contributed by atoms with Gasteiger partial charge in [0, 0.05) is 4.92 Å². The minimum Gasteiger partial charge on any atom is -0.444 e. The molecule has 1 aliphatic rings. The Morgan fingerprint density at radius 1 is 1.44 bits per heavy atom. The van der Waals surface area contributed by atoms with Crippen LogP contribution < -0.4 is 5.32 Å². The van der Waals surface area contributed by atoms with E-state index in [0.29, 0.717) is 0 Å². The van der Waals surface area contributed by atoms with Crippen LogP contribution in [0, 0.1) is 16.0 Å². The van der Waals surface area contributed by atoms with Crippen molar-refractivity contribution in [3.8, 4) is 0 Å². The Bertz CT molecular complexity index is 306. The zero-order valence-electron chi connectivity index (χ0n) is 11.3. The van der Waals surface area contributed by atoms with Gasteiger partial charge in [-0.15, -0.1) is 0 Å². The number of nitrogens with one attached hydrogen (secondary N) is 1. The number of amides is 1. The maximum absolute atomic E-state index is 11.7. The topological polar surface area (TPSA) is 81.5 Å². The van der Waals surface area contributed by atoms with E-state index < -0.39 is 17.7 Å². The first-order valence-electron chi connectivity index (χ1n) is 6.39. The van der Waals surface area contributed by atoms with Gasteiger partial charge in [0.2, 0.25) is 6.54 Å². The van der Waals surface area contributed by atoms with Crippen LogP contribution in [0.5, 0.6) is 0 Å². The van der Waals surface area contributed by atoms with E-state index in [1.165, 1.54) is 0 Å². The van der Waals surface area contributed by atoms with Crippen LogP contribution in [0.2, 0.25) is 0 Å². The molecule has 0 aliphatic heterocycles. The molecule has 0 aromatic carbocycles. The predicted molar refractivity (Wildman–Crippen MR) is 67.0 cm³/mol. The van der Waals surface area contributed by atoms with Gasteiger partial charge in [0.1, 0.15) is 5.60 Å². The van der Waals surface area contributed by atoms with Crippen LogP contribution in [-0.4, -0.2) is 29.2 Å². The van der Waals surface area contributed by atoms with Gasteiger partial charge in [0.15, 0.2) is 0 Å². The molecule has 1 atom stereocenters. The normalized spacial score (nSPS) is 18.4. The van der Waals surface area contributed by atoms with Crippen molar-refractivity contribution < 1.29 is 14.5 Å².